The molecule has 0 unspecified atom stereocenters. The molecule has 1 aliphatic rings. The summed E-state index contributed by atoms with van der Waals surface area (Å²) in [4.78, 5) is 55.5. The topological polar surface area (TPSA) is 150 Å². The predicted molar refractivity (Wildman–Crippen MR) is 156 cm³/mol. The summed E-state index contributed by atoms with van der Waals surface area (Å²) < 4.78 is 38.1. The van der Waals surface area contributed by atoms with Crippen LogP contribution in [0.5, 0.6) is 0 Å². The van der Waals surface area contributed by atoms with Gasteiger partial charge in [0, 0.05) is 4.88 Å². The van der Waals surface area contributed by atoms with E-state index in [2.05, 4.69) is 10.3 Å². The molecule has 0 saturated heterocycles. The van der Waals surface area contributed by atoms with Gasteiger partial charge in [-0.25, -0.2) is 13.2 Å². The molecular formula is C27H31N3O8S3. The molecule has 41 heavy (non-hydrogen) atoms. The van der Waals surface area contributed by atoms with Gasteiger partial charge < -0.3 is 19.4 Å². The van der Waals surface area contributed by atoms with Gasteiger partial charge in [0.2, 0.25) is 5.91 Å². The van der Waals surface area contributed by atoms with Crippen molar-refractivity contribution in [2.45, 2.75) is 53.0 Å². The molecule has 1 N–H and O–H groups in total. The average Bonchev–Trinajstić information content (AvgIpc) is 3.40. The minimum Gasteiger partial charge on any atom is -0.465 e. The zero-order valence-corrected chi connectivity index (χ0v) is 25.4. The van der Waals surface area contributed by atoms with Crippen molar-refractivity contribution in [3.8, 4) is 0 Å². The summed E-state index contributed by atoms with van der Waals surface area (Å²) in [6.45, 7) is 5.40. The van der Waals surface area contributed by atoms with E-state index >= 15 is 0 Å². The van der Waals surface area contributed by atoms with Crippen molar-refractivity contribution in [1.82, 2.24) is 4.57 Å². The van der Waals surface area contributed by atoms with Gasteiger partial charge in [-0.2, -0.15) is 4.99 Å². The van der Waals surface area contributed by atoms with E-state index < -0.39 is 45.1 Å². The Morgan fingerprint density at radius 1 is 1.02 bits per heavy atom. The van der Waals surface area contributed by atoms with E-state index in [1.807, 2.05) is 19.1 Å². The number of sulfone groups is 1. The van der Waals surface area contributed by atoms with Crippen LogP contribution in [0.1, 0.15) is 53.1 Å². The third kappa shape index (κ3) is 7.49. The minimum atomic E-state index is -4.21. The predicted octanol–water partition coefficient (Wildman–Crippen LogP) is 3.17. The highest BCUT2D eigenvalue weighted by Crippen LogP contribution is 2.38. The van der Waals surface area contributed by atoms with E-state index in [0.717, 1.165) is 51.3 Å². The molecule has 0 aliphatic heterocycles. The molecule has 0 spiro atoms. The second-order valence-electron chi connectivity index (χ2n) is 9.47. The lowest BCUT2D eigenvalue weighted by Crippen LogP contribution is -2.29. The van der Waals surface area contributed by atoms with E-state index in [1.165, 1.54) is 15.9 Å². The number of fused-ring (bicyclic) bond motifs is 2. The van der Waals surface area contributed by atoms with Crippen LogP contribution < -0.4 is 10.1 Å². The molecule has 0 radical (unpaired) electrons. The molecule has 220 valence electrons. The Balaban J connectivity index is 1.52. The number of carbonyl (C=O) groups is 4. The number of rotatable bonds is 10. The number of hydrogen-bond acceptors (Lipinski definition) is 10. The fourth-order valence-corrected chi connectivity index (χ4v) is 8.02. The molecule has 11 nitrogen and oxygen atoms in total. The summed E-state index contributed by atoms with van der Waals surface area (Å²) in [7, 11) is -4.21. The average molecular weight is 622 g/mol. The Kier molecular flexibility index (Phi) is 9.76. The molecule has 2 amide bonds. The lowest BCUT2D eigenvalue weighted by Gasteiger charge is -2.12. The van der Waals surface area contributed by atoms with Crippen LogP contribution in [0.4, 0.5) is 5.00 Å². The number of nitrogens with zero attached hydrogens (tertiary/aromatic N) is 2. The number of thiophene rings is 1. The number of carbonyl (C=O) groups excluding carboxylic acids is 4. The van der Waals surface area contributed by atoms with Crippen LogP contribution in [0.3, 0.4) is 0 Å². The highest BCUT2D eigenvalue weighted by molar-refractivity contribution is 7.92. The SMILES string of the molecule is CCOC(=O)Cn1c(=NC(=O)CS(=O)(=O)CC(=O)Nc2sc3c(c2C(=O)OCC)CCCC3)sc2cc(C)ccc21. The number of esters is 2. The highest BCUT2D eigenvalue weighted by atomic mass is 32.2. The van der Waals surface area contributed by atoms with Crippen LogP contribution in [0, 0.1) is 6.92 Å². The van der Waals surface area contributed by atoms with Crippen molar-refractivity contribution in [3.05, 3.63) is 44.6 Å². The van der Waals surface area contributed by atoms with Gasteiger partial charge in [-0.1, -0.05) is 17.4 Å². The summed E-state index contributed by atoms with van der Waals surface area (Å²) in [6.07, 6.45) is 3.31. The molecule has 1 aliphatic carbocycles. The molecule has 2 aromatic heterocycles. The number of aryl methyl sites for hydroxylation is 2. The first kappa shape index (κ1) is 30.6. The van der Waals surface area contributed by atoms with E-state index in [-0.39, 0.29) is 35.1 Å². The Labute approximate surface area is 245 Å². The maximum atomic E-state index is 12.8. The van der Waals surface area contributed by atoms with E-state index in [1.54, 1.807) is 19.9 Å². The maximum absolute atomic E-state index is 12.8. The van der Waals surface area contributed by atoms with Gasteiger partial charge in [0.05, 0.1) is 29.0 Å². The molecule has 3 aromatic rings. The number of aromatic nitrogens is 1. The molecule has 4 rings (SSSR count). The van der Waals surface area contributed by atoms with Crippen LogP contribution in [0.2, 0.25) is 0 Å². The number of ether oxygens (including phenoxy) is 2. The summed E-state index contributed by atoms with van der Waals surface area (Å²) in [5.41, 5.74) is 2.72. The third-order valence-corrected chi connectivity index (χ3v) is 9.89. The quantitative estimate of drug-likeness (QED) is 0.339. The van der Waals surface area contributed by atoms with Crippen molar-refractivity contribution in [1.29, 1.82) is 0 Å². The van der Waals surface area contributed by atoms with Crippen LogP contribution in [-0.2, 0) is 53.1 Å². The Morgan fingerprint density at radius 2 is 1.76 bits per heavy atom. The zero-order chi connectivity index (χ0) is 29.7. The molecule has 1 aromatic carbocycles. The highest BCUT2D eigenvalue weighted by Gasteiger charge is 2.29. The first-order valence-electron chi connectivity index (χ1n) is 13.2. The van der Waals surface area contributed by atoms with Crippen molar-refractivity contribution >= 4 is 71.5 Å². The smallest absolute Gasteiger partial charge is 0.341 e. The van der Waals surface area contributed by atoms with Gasteiger partial charge in [-0.05, 0) is 69.7 Å². The first-order valence-corrected chi connectivity index (χ1v) is 16.6. The largest absolute Gasteiger partial charge is 0.465 e. The second-order valence-corrected chi connectivity index (χ2v) is 13.6. The normalized spacial score (nSPS) is 13.6. The third-order valence-electron chi connectivity index (χ3n) is 6.25. The van der Waals surface area contributed by atoms with Crippen LogP contribution in [0.25, 0.3) is 10.2 Å². The number of thiazole rings is 1. The van der Waals surface area contributed by atoms with Crippen LogP contribution in [-0.4, -0.2) is 61.5 Å². The number of nitrogens with one attached hydrogen (secondary N) is 1. The Morgan fingerprint density at radius 3 is 2.49 bits per heavy atom. The van der Waals surface area contributed by atoms with E-state index in [9.17, 15) is 27.6 Å². The molecule has 14 heteroatoms. The number of anilines is 1. The summed E-state index contributed by atoms with van der Waals surface area (Å²) >= 11 is 2.39. The van der Waals surface area contributed by atoms with Crippen molar-refractivity contribution < 1.29 is 37.1 Å². The number of hydrogen-bond donors (Lipinski definition) is 1. The molecule has 0 fully saturated rings. The van der Waals surface area contributed by atoms with Gasteiger partial charge in [0.25, 0.3) is 5.91 Å². The summed E-state index contributed by atoms with van der Waals surface area (Å²) in [5, 5.41) is 2.81. The van der Waals surface area contributed by atoms with Gasteiger partial charge >= 0.3 is 11.9 Å². The molecule has 0 bridgehead atoms. The standard InChI is InChI=1S/C27H31N3O8S3/c1-4-37-23(33)13-30-18-11-10-16(3)12-20(18)40-27(30)29-22(32)15-41(35,36)14-21(31)28-25-24(26(34)38-5-2)17-8-6-7-9-19(17)39-25/h10-12H,4-9,13-15H2,1-3H3,(H,28,31). The van der Waals surface area contributed by atoms with Gasteiger partial charge in [0.15, 0.2) is 14.6 Å². The first-order chi connectivity index (χ1) is 19.5. The minimum absolute atomic E-state index is 0.145. The Hall–Kier alpha value is -3.36. The molecular weight excluding hydrogens is 591 g/mol. The maximum Gasteiger partial charge on any atom is 0.341 e. The number of amides is 2. The number of benzene rings is 1. The van der Waals surface area contributed by atoms with Crippen LogP contribution >= 0.6 is 22.7 Å². The fourth-order valence-electron chi connectivity index (χ4n) is 4.57. The molecule has 2 heterocycles. The second kappa shape index (κ2) is 13.1. The lowest BCUT2D eigenvalue weighted by molar-refractivity contribution is -0.143. The van der Waals surface area contributed by atoms with Crippen LogP contribution in [0.15, 0.2) is 23.2 Å². The zero-order valence-electron chi connectivity index (χ0n) is 23.0. The fraction of sp³-hybridized carbons (Fsp3) is 0.444. The Bertz CT molecular complexity index is 1680. The van der Waals surface area contributed by atoms with Crippen molar-refractivity contribution in [3.63, 3.8) is 0 Å². The molecule has 0 atom stereocenters. The summed E-state index contributed by atoms with van der Waals surface area (Å²) in [5.74, 6) is -4.89. The van der Waals surface area contributed by atoms with Gasteiger partial charge in [-0.3, -0.25) is 14.4 Å². The molecule has 0 saturated carbocycles. The lowest BCUT2D eigenvalue weighted by atomic mass is 9.95. The van der Waals surface area contributed by atoms with E-state index in [0.29, 0.717) is 11.9 Å². The van der Waals surface area contributed by atoms with Gasteiger partial charge in [0.1, 0.15) is 23.1 Å². The summed E-state index contributed by atoms with van der Waals surface area (Å²) in [6, 6.07) is 5.51. The van der Waals surface area contributed by atoms with Gasteiger partial charge in [-0.15, -0.1) is 11.3 Å². The van der Waals surface area contributed by atoms with E-state index in [4.69, 9.17) is 9.47 Å². The van der Waals surface area contributed by atoms with Crippen molar-refractivity contribution in [2.24, 2.45) is 4.99 Å². The van der Waals surface area contributed by atoms with Crippen molar-refractivity contribution in [2.75, 3.05) is 30.0 Å². The monoisotopic (exact) mass is 621 g/mol.